The molecular weight excluding hydrogens is 857 g/mol. The Labute approximate surface area is 364 Å². The summed E-state index contributed by atoms with van der Waals surface area (Å²) in [6.07, 6.45) is 2.20. The molecule has 2 atom stereocenters. The quantitative estimate of drug-likeness (QED) is 0.0538. The van der Waals surface area contributed by atoms with Crippen LogP contribution in [-0.4, -0.2) is 115 Å². The second kappa shape index (κ2) is 24.1. The van der Waals surface area contributed by atoms with Gasteiger partial charge < -0.3 is 29.2 Å². The molecule has 0 spiro atoms. The number of carbonyl (C=O) groups is 4. The number of rotatable bonds is 23. The van der Waals surface area contributed by atoms with Gasteiger partial charge in [-0.2, -0.15) is 23.5 Å². The number of thioether (sulfide) groups is 6. The number of carboxylic acid groups (broad SMARTS) is 2. The molecule has 2 aliphatic rings. The van der Waals surface area contributed by atoms with Gasteiger partial charge in [-0.25, -0.2) is 19.2 Å². The molecule has 0 radical (unpaired) electrons. The number of esters is 2. The van der Waals surface area contributed by atoms with Crippen molar-refractivity contribution in [3.63, 3.8) is 0 Å². The molecule has 58 heavy (non-hydrogen) atoms. The lowest BCUT2D eigenvalue weighted by atomic mass is 9.71. The number of carboxylic acids is 2. The molecule has 2 saturated heterocycles. The fourth-order valence-electron chi connectivity index (χ4n) is 5.94. The van der Waals surface area contributed by atoms with Crippen molar-refractivity contribution in [1.29, 1.82) is 0 Å². The van der Waals surface area contributed by atoms with Crippen molar-refractivity contribution in [2.24, 2.45) is 0 Å². The molecule has 2 unspecified atom stereocenters. The van der Waals surface area contributed by atoms with Crippen molar-refractivity contribution in [2.45, 2.75) is 33.7 Å². The van der Waals surface area contributed by atoms with Crippen molar-refractivity contribution < 1.29 is 48.3 Å². The average Bonchev–Trinajstić information content (AvgIpc) is 3.96. The summed E-state index contributed by atoms with van der Waals surface area (Å²) in [5.74, 6) is 4.68. The smallest absolute Gasteiger partial charge is 0.331 e. The van der Waals surface area contributed by atoms with Crippen molar-refractivity contribution >= 4 is 94.4 Å². The zero-order chi connectivity index (χ0) is 41.2. The zero-order valence-corrected chi connectivity index (χ0v) is 36.7. The molecule has 0 saturated carbocycles. The van der Waals surface area contributed by atoms with Crippen LogP contribution in [0.1, 0.15) is 23.6 Å². The topological polar surface area (TPSA) is 146 Å². The first-order valence-corrected chi connectivity index (χ1v) is 25.0. The highest BCUT2D eigenvalue weighted by Crippen LogP contribution is 2.40. The first kappa shape index (κ1) is 45.8. The Balaban J connectivity index is 1.25. The molecule has 0 amide bonds. The molecule has 2 aliphatic heterocycles. The lowest BCUT2D eigenvalue weighted by Crippen LogP contribution is -2.28. The second-order valence-electron chi connectivity index (χ2n) is 13.0. The van der Waals surface area contributed by atoms with Crippen LogP contribution in [0.5, 0.6) is 11.5 Å². The van der Waals surface area contributed by atoms with Gasteiger partial charge in [-0.1, -0.05) is 54.6 Å². The maximum absolute atomic E-state index is 12.4. The Bertz CT molecular complexity index is 1720. The van der Waals surface area contributed by atoms with E-state index in [-0.39, 0.29) is 13.2 Å². The molecule has 2 N–H and O–H groups in total. The molecule has 10 nitrogen and oxygen atoms in total. The predicted molar refractivity (Wildman–Crippen MR) is 241 cm³/mol. The van der Waals surface area contributed by atoms with Crippen LogP contribution in [0.3, 0.4) is 0 Å². The van der Waals surface area contributed by atoms with E-state index in [1.165, 1.54) is 0 Å². The van der Waals surface area contributed by atoms with Crippen molar-refractivity contribution in [2.75, 3.05) is 59.2 Å². The van der Waals surface area contributed by atoms with E-state index in [9.17, 15) is 19.2 Å². The zero-order valence-electron chi connectivity index (χ0n) is 31.8. The summed E-state index contributed by atoms with van der Waals surface area (Å²) in [5, 5.41) is 17.9. The van der Waals surface area contributed by atoms with Crippen LogP contribution in [-0.2, 0) is 34.1 Å². The molecule has 2 heterocycles. The lowest BCUT2D eigenvalue weighted by Gasteiger charge is -2.32. The monoisotopic (exact) mass is 902 g/mol. The number of hydrogen-bond donors (Lipinski definition) is 2. The van der Waals surface area contributed by atoms with E-state index >= 15 is 0 Å². The molecule has 16 heteroatoms. The summed E-state index contributed by atoms with van der Waals surface area (Å²) in [6.45, 7) is 2.38. The van der Waals surface area contributed by atoms with Crippen LogP contribution in [0.15, 0.2) is 103 Å². The van der Waals surface area contributed by atoms with E-state index in [4.69, 9.17) is 29.2 Å². The Hall–Kier alpha value is -3.28. The summed E-state index contributed by atoms with van der Waals surface area (Å²) < 4.78 is 24.4. The molecule has 0 aliphatic carbocycles. The maximum atomic E-state index is 12.4. The Morgan fingerprint density at radius 3 is 1.38 bits per heavy atom. The summed E-state index contributed by atoms with van der Waals surface area (Å²) in [6, 6.07) is 25.8. The average molecular weight is 903 g/mol. The highest BCUT2D eigenvalue weighted by molar-refractivity contribution is 8.21. The highest BCUT2D eigenvalue weighted by Gasteiger charge is 2.31. The van der Waals surface area contributed by atoms with E-state index in [1.54, 1.807) is 23.5 Å². The lowest BCUT2D eigenvalue weighted by molar-refractivity contribution is -0.144. The first-order valence-electron chi connectivity index (χ1n) is 18.5. The van der Waals surface area contributed by atoms with Gasteiger partial charge in [0, 0.05) is 75.7 Å². The second-order valence-corrected chi connectivity index (χ2v) is 21.0. The maximum Gasteiger partial charge on any atom is 0.331 e. The third kappa shape index (κ3) is 15.1. The predicted octanol–water partition coefficient (Wildman–Crippen LogP) is 7.98. The van der Waals surface area contributed by atoms with Crippen LogP contribution < -0.4 is 9.47 Å². The van der Waals surface area contributed by atoms with Crippen LogP contribution in [0.2, 0.25) is 0 Å². The van der Waals surface area contributed by atoms with Crippen LogP contribution in [0.25, 0.3) is 0 Å². The van der Waals surface area contributed by atoms with Crippen molar-refractivity contribution in [3.8, 4) is 11.5 Å². The fraction of sp³-hybridized carbons (Fsp3) is 0.381. The van der Waals surface area contributed by atoms with Gasteiger partial charge in [0.25, 0.3) is 0 Å². The van der Waals surface area contributed by atoms with Crippen molar-refractivity contribution in [1.82, 2.24) is 0 Å². The summed E-state index contributed by atoms with van der Waals surface area (Å²) in [5.41, 5.74) is 2.54. The number of benzene rings is 3. The number of hydrogen-bond acceptors (Lipinski definition) is 14. The minimum absolute atomic E-state index is 0.109. The Morgan fingerprint density at radius 1 is 0.621 bits per heavy atom. The molecule has 2 fully saturated rings. The van der Waals surface area contributed by atoms with Crippen molar-refractivity contribution in [3.05, 3.63) is 120 Å². The SMILES string of the molecule is CC(c1ccccc1)(c1ccc(OCC(CSCC2SCCS2)OC(=O)C=CC(=O)O)cc1)c1ccc(OCC(CSCC2SCCS2)OC(=O)C=CC(=O)O)cc1. The molecule has 310 valence electrons. The van der Waals surface area contributed by atoms with Crippen LogP contribution in [0.4, 0.5) is 0 Å². The molecular formula is C42H46O10S6. The molecule has 5 rings (SSSR count). The fourth-order valence-corrected chi connectivity index (χ4v) is 14.7. The normalized spacial score (nSPS) is 16.8. The number of aliphatic carboxylic acids is 2. The Kier molecular flexibility index (Phi) is 19.0. The van der Waals surface area contributed by atoms with Gasteiger partial charge in [0.2, 0.25) is 0 Å². The van der Waals surface area contributed by atoms with Gasteiger partial charge >= 0.3 is 23.9 Å². The third-order valence-electron chi connectivity index (χ3n) is 8.87. The van der Waals surface area contributed by atoms with E-state index in [1.807, 2.05) is 114 Å². The van der Waals surface area contributed by atoms with Gasteiger partial charge in [-0.3, -0.25) is 0 Å². The van der Waals surface area contributed by atoms with E-state index in [2.05, 4.69) is 19.1 Å². The number of ether oxygens (including phenoxy) is 4. The van der Waals surface area contributed by atoms with E-state index in [0.717, 1.165) is 75.5 Å². The van der Waals surface area contributed by atoms with E-state index < -0.39 is 41.5 Å². The largest absolute Gasteiger partial charge is 0.490 e. The molecule has 0 aromatic heterocycles. The minimum Gasteiger partial charge on any atom is -0.490 e. The standard InChI is InChI=1S/C42H46O10S6/c1-42(29-5-3-2-4-6-29,30-7-11-32(12-8-30)49-23-34(51-38(47)17-15-36(43)44)25-53-27-40-55-19-20-56-40)31-9-13-33(14-10-31)50-24-35(52-39(48)18-16-37(45)46)26-54-28-41-57-21-22-58-41/h2-18,34-35,40-41H,19-28H2,1H3,(H,43,44)(H,45,46). The summed E-state index contributed by atoms with van der Waals surface area (Å²) >= 11 is 11.1. The molecule has 3 aromatic rings. The third-order valence-corrected chi connectivity index (χ3v) is 18.1. The van der Waals surface area contributed by atoms with Gasteiger partial charge in [0.15, 0.2) is 0 Å². The number of carbonyl (C=O) groups excluding carboxylic acids is 2. The minimum atomic E-state index is -1.22. The van der Waals surface area contributed by atoms with Gasteiger partial charge in [0.1, 0.15) is 36.9 Å². The molecule has 0 bridgehead atoms. The van der Waals surface area contributed by atoms with Crippen LogP contribution >= 0.6 is 70.6 Å². The Morgan fingerprint density at radius 2 is 1.00 bits per heavy atom. The van der Waals surface area contributed by atoms with Gasteiger partial charge in [-0.05, 0) is 47.9 Å². The van der Waals surface area contributed by atoms with Crippen LogP contribution in [0, 0.1) is 0 Å². The molecule has 3 aromatic carbocycles. The van der Waals surface area contributed by atoms with E-state index in [0.29, 0.717) is 32.2 Å². The first-order chi connectivity index (χ1) is 28.1. The highest BCUT2D eigenvalue weighted by atomic mass is 32.2. The van der Waals surface area contributed by atoms with Gasteiger partial charge in [0.05, 0.1) is 9.16 Å². The summed E-state index contributed by atoms with van der Waals surface area (Å²) in [4.78, 5) is 46.6. The van der Waals surface area contributed by atoms with Gasteiger partial charge in [-0.15, -0.1) is 47.0 Å². The summed E-state index contributed by atoms with van der Waals surface area (Å²) in [7, 11) is 0.